The molecule has 1 heterocycles. The predicted molar refractivity (Wildman–Crippen MR) is 96.8 cm³/mol. The minimum atomic E-state index is -4.81. The molecule has 150 valence electrons. The monoisotopic (exact) mass is 397 g/mol. The van der Waals surface area contributed by atoms with Gasteiger partial charge in [-0.2, -0.15) is 0 Å². The summed E-state index contributed by atoms with van der Waals surface area (Å²) in [5.74, 6) is -0.914. The summed E-state index contributed by atoms with van der Waals surface area (Å²) in [4.78, 5) is 16.1. The van der Waals surface area contributed by atoms with Crippen LogP contribution in [0.15, 0.2) is 48.5 Å². The number of nitrogens with zero attached hydrogens (tertiary/aromatic N) is 2. The van der Waals surface area contributed by atoms with E-state index in [4.69, 9.17) is 0 Å². The zero-order chi connectivity index (χ0) is 20.1. The van der Waals surface area contributed by atoms with Gasteiger partial charge in [0, 0.05) is 31.9 Å². The number of rotatable bonds is 5. The van der Waals surface area contributed by atoms with Crippen molar-refractivity contribution in [1.29, 1.82) is 0 Å². The van der Waals surface area contributed by atoms with Gasteiger partial charge in [-0.15, -0.1) is 13.2 Å². The van der Waals surface area contributed by atoms with Crippen molar-refractivity contribution in [2.45, 2.75) is 6.36 Å². The van der Waals surface area contributed by atoms with E-state index in [0.29, 0.717) is 26.2 Å². The van der Waals surface area contributed by atoms with Crippen molar-refractivity contribution in [3.8, 4) is 5.75 Å². The quantitative estimate of drug-likeness (QED) is 0.785. The first-order chi connectivity index (χ1) is 13.3. The summed E-state index contributed by atoms with van der Waals surface area (Å²) in [5.41, 5.74) is 0.975. The number of ether oxygens (including phenoxy) is 1. The zero-order valence-electron chi connectivity index (χ0n) is 14.9. The highest BCUT2D eigenvalue weighted by molar-refractivity contribution is 5.81. The van der Waals surface area contributed by atoms with E-state index < -0.39 is 6.36 Å². The van der Waals surface area contributed by atoms with E-state index in [-0.39, 0.29) is 29.7 Å². The molecule has 1 amide bonds. The van der Waals surface area contributed by atoms with Crippen LogP contribution in [0.2, 0.25) is 0 Å². The van der Waals surface area contributed by atoms with Crippen molar-refractivity contribution >= 4 is 17.3 Å². The molecule has 0 unspecified atom stereocenters. The van der Waals surface area contributed by atoms with Gasteiger partial charge in [0.1, 0.15) is 5.82 Å². The molecule has 5 nitrogen and oxygen atoms in total. The number of nitrogens with one attached hydrogen (secondary N) is 1. The van der Waals surface area contributed by atoms with Crippen LogP contribution in [0.3, 0.4) is 0 Å². The van der Waals surface area contributed by atoms with Crippen LogP contribution in [0.4, 0.5) is 28.9 Å². The predicted octanol–water partition coefficient (Wildman–Crippen LogP) is 3.49. The SMILES string of the molecule is O=C(CNc1ccccc1OC(F)(F)F)N1CCN(c2ccc(F)cc2)CC1. The molecule has 2 aromatic carbocycles. The Kier molecular flexibility index (Phi) is 5.91. The normalized spacial score (nSPS) is 14.7. The summed E-state index contributed by atoms with van der Waals surface area (Å²) in [5, 5.41) is 2.71. The van der Waals surface area contributed by atoms with Crippen molar-refractivity contribution in [2.75, 3.05) is 42.9 Å². The molecule has 28 heavy (non-hydrogen) atoms. The summed E-state index contributed by atoms with van der Waals surface area (Å²) in [6.07, 6.45) is -4.81. The number of carbonyl (C=O) groups excluding carboxylic acids is 1. The van der Waals surface area contributed by atoms with Crippen molar-refractivity contribution in [3.63, 3.8) is 0 Å². The lowest BCUT2D eigenvalue weighted by atomic mass is 10.2. The van der Waals surface area contributed by atoms with Crippen LogP contribution in [0.25, 0.3) is 0 Å². The smallest absolute Gasteiger partial charge is 0.404 e. The highest BCUT2D eigenvalue weighted by Gasteiger charge is 2.32. The molecule has 0 saturated carbocycles. The molecule has 1 aliphatic rings. The number of hydrogen-bond acceptors (Lipinski definition) is 4. The van der Waals surface area contributed by atoms with Gasteiger partial charge < -0.3 is 19.9 Å². The van der Waals surface area contributed by atoms with Crippen LogP contribution < -0.4 is 15.0 Å². The minimum absolute atomic E-state index is 0.0955. The second-order valence-electron chi connectivity index (χ2n) is 6.24. The van der Waals surface area contributed by atoms with Crippen LogP contribution in [0.1, 0.15) is 0 Å². The van der Waals surface area contributed by atoms with Gasteiger partial charge in [0.05, 0.1) is 12.2 Å². The van der Waals surface area contributed by atoms with Crippen LogP contribution in [-0.2, 0) is 4.79 Å². The molecule has 1 aliphatic heterocycles. The number of amides is 1. The largest absolute Gasteiger partial charge is 0.573 e. The van der Waals surface area contributed by atoms with E-state index in [2.05, 4.69) is 10.1 Å². The van der Waals surface area contributed by atoms with E-state index in [9.17, 15) is 22.4 Å². The molecule has 0 aromatic heterocycles. The average molecular weight is 397 g/mol. The molecule has 9 heteroatoms. The summed E-state index contributed by atoms with van der Waals surface area (Å²) >= 11 is 0. The Bertz CT molecular complexity index is 804. The Morgan fingerprint density at radius 1 is 1.00 bits per heavy atom. The molecule has 1 fully saturated rings. The second kappa shape index (κ2) is 8.37. The Labute approximate surface area is 159 Å². The van der Waals surface area contributed by atoms with Gasteiger partial charge in [0.25, 0.3) is 0 Å². The van der Waals surface area contributed by atoms with Crippen LogP contribution in [0.5, 0.6) is 5.75 Å². The Hall–Kier alpha value is -2.97. The zero-order valence-corrected chi connectivity index (χ0v) is 14.9. The van der Waals surface area contributed by atoms with E-state index in [1.807, 2.05) is 4.90 Å². The summed E-state index contributed by atoms with van der Waals surface area (Å²) in [6, 6.07) is 11.7. The van der Waals surface area contributed by atoms with Gasteiger partial charge in [-0.3, -0.25) is 4.79 Å². The number of halogens is 4. The molecule has 0 spiro atoms. The molecular formula is C19H19F4N3O2. The molecule has 0 aliphatic carbocycles. The first-order valence-corrected chi connectivity index (χ1v) is 8.69. The van der Waals surface area contributed by atoms with Gasteiger partial charge in [0.2, 0.25) is 5.91 Å². The number of hydrogen-bond donors (Lipinski definition) is 1. The number of benzene rings is 2. The first-order valence-electron chi connectivity index (χ1n) is 8.69. The van der Waals surface area contributed by atoms with E-state index in [1.165, 1.54) is 30.3 Å². The lowest BCUT2D eigenvalue weighted by molar-refractivity contribution is -0.274. The summed E-state index contributed by atoms with van der Waals surface area (Å²) in [6.45, 7) is 1.97. The van der Waals surface area contributed by atoms with Gasteiger partial charge >= 0.3 is 6.36 Å². The number of piperazine rings is 1. The lowest BCUT2D eigenvalue weighted by Gasteiger charge is -2.36. The molecule has 3 rings (SSSR count). The topological polar surface area (TPSA) is 44.8 Å². The fourth-order valence-corrected chi connectivity index (χ4v) is 2.97. The highest BCUT2D eigenvalue weighted by Crippen LogP contribution is 2.29. The van der Waals surface area contributed by atoms with Gasteiger partial charge in [0.15, 0.2) is 5.75 Å². The number of anilines is 2. The maximum Gasteiger partial charge on any atom is 0.573 e. The maximum atomic E-state index is 13.0. The Balaban J connectivity index is 1.52. The van der Waals surface area contributed by atoms with Crippen molar-refractivity contribution in [1.82, 2.24) is 4.90 Å². The van der Waals surface area contributed by atoms with E-state index >= 15 is 0 Å². The molecule has 1 N–H and O–H groups in total. The third-order valence-electron chi connectivity index (χ3n) is 4.37. The van der Waals surface area contributed by atoms with Crippen LogP contribution in [0, 0.1) is 5.82 Å². The standard InChI is InChI=1S/C19H19F4N3O2/c20-14-5-7-15(8-6-14)25-9-11-26(12-10-25)18(27)13-24-16-3-1-2-4-17(16)28-19(21,22)23/h1-8,24H,9-13H2. The number of para-hydroxylation sites is 2. The third-order valence-corrected chi connectivity index (χ3v) is 4.37. The third kappa shape index (κ3) is 5.28. The van der Waals surface area contributed by atoms with Crippen LogP contribution in [-0.4, -0.2) is 49.9 Å². The Morgan fingerprint density at radius 3 is 2.29 bits per heavy atom. The molecule has 0 atom stereocenters. The van der Waals surface area contributed by atoms with Gasteiger partial charge in [-0.05, 0) is 36.4 Å². The van der Waals surface area contributed by atoms with E-state index in [1.54, 1.807) is 23.1 Å². The molecule has 0 bridgehead atoms. The molecule has 1 saturated heterocycles. The molecular weight excluding hydrogens is 378 g/mol. The average Bonchev–Trinajstić information content (AvgIpc) is 2.67. The lowest BCUT2D eigenvalue weighted by Crippen LogP contribution is -2.50. The maximum absolute atomic E-state index is 13.0. The van der Waals surface area contributed by atoms with Crippen molar-refractivity contribution in [3.05, 3.63) is 54.3 Å². The minimum Gasteiger partial charge on any atom is -0.404 e. The fraction of sp³-hybridized carbons (Fsp3) is 0.316. The number of alkyl halides is 3. The molecule has 0 radical (unpaired) electrons. The van der Waals surface area contributed by atoms with Gasteiger partial charge in [-0.25, -0.2) is 4.39 Å². The fourth-order valence-electron chi connectivity index (χ4n) is 2.97. The van der Waals surface area contributed by atoms with Gasteiger partial charge in [-0.1, -0.05) is 12.1 Å². The Morgan fingerprint density at radius 2 is 1.64 bits per heavy atom. The van der Waals surface area contributed by atoms with E-state index in [0.717, 1.165) is 5.69 Å². The van der Waals surface area contributed by atoms with Crippen molar-refractivity contribution in [2.24, 2.45) is 0 Å². The van der Waals surface area contributed by atoms with Crippen LogP contribution >= 0.6 is 0 Å². The second-order valence-corrected chi connectivity index (χ2v) is 6.24. The van der Waals surface area contributed by atoms with Crippen molar-refractivity contribution < 1.29 is 27.1 Å². The summed E-state index contributed by atoms with van der Waals surface area (Å²) < 4.78 is 54.4. The first kappa shape index (κ1) is 19.8. The summed E-state index contributed by atoms with van der Waals surface area (Å²) in [7, 11) is 0. The highest BCUT2D eigenvalue weighted by atomic mass is 19.4. The molecule has 2 aromatic rings. The number of carbonyl (C=O) groups is 1.